The van der Waals surface area contributed by atoms with Gasteiger partial charge in [-0.15, -0.1) is 11.3 Å². The molecule has 0 saturated carbocycles. The highest BCUT2D eigenvalue weighted by Crippen LogP contribution is 2.40. The number of fused-ring (bicyclic) bond motifs is 1. The van der Waals surface area contributed by atoms with E-state index in [2.05, 4.69) is 20.1 Å². The molecule has 23 heavy (non-hydrogen) atoms. The van der Waals surface area contributed by atoms with Crippen molar-refractivity contribution in [2.24, 2.45) is 5.16 Å². The summed E-state index contributed by atoms with van der Waals surface area (Å²) in [7, 11) is 1.54. The summed E-state index contributed by atoms with van der Waals surface area (Å²) in [5.41, 5.74) is 2.60. The molecule has 0 N–H and O–H groups in total. The number of hydrogen-bond acceptors (Lipinski definition) is 8. The number of ether oxygens (including phenoxy) is 1. The van der Waals surface area contributed by atoms with Crippen LogP contribution in [0, 0.1) is 0 Å². The number of oxime groups is 1. The van der Waals surface area contributed by atoms with Crippen molar-refractivity contribution in [3.05, 3.63) is 36.4 Å². The Morgan fingerprint density at radius 2 is 2.22 bits per heavy atom. The molecule has 0 amide bonds. The predicted octanol–water partition coefficient (Wildman–Crippen LogP) is 3.46. The second kappa shape index (κ2) is 6.05. The van der Waals surface area contributed by atoms with Gasteiger partial charge in [0.15, 0.2) is 0 Å². The molecule has 0 atom stereocenters. The Bertz CT molecular complexity index is 858. The van der Waals surface area contributed by atoms with Crippen molar-refractivity contribution in [3.63, 3.8) is 0 Å². The first-order valence-corrected chi connectivity index (χ1v) is 8.59. The van der Waals surface area contributed by atoms with E-state index in [1.165, 1.54) is 11.3 Å². The van der Waals surface area contributed by atoms with E-state index < -0.39 is 0 Å². The fourth-order valence-corrected chi connectivity index (χ4v) is 4.15. The minimum absolute atomic E-state index is 0.598. The van der Waals surface area contributed by atoms with Crippen molar-refractivity contribution in [2.75, 3.05) is 13.7 Å². The molecule has 0 fully saturated rings. The van der Waals surface area contributed by atoms with Gasteiger partial charge in [-0.1, -0.05) is 16.5 Å². The van der Waals surface area contributed by atoms with Crippen molar-refractivity contribution < 1.29 is 9.57 Å². The lowest BCUT2D eigenvalue weighted by Crippen LogP contribution is -2.15. The Hall–Kier alpha value is -2.32. The Morgan fingerprint density at radius 3 is 3.04 bits per heavy atom. The number of nitrogens with zero attached hydrogens (tertiary/aromatic N) is 4. The first-order valence-electron chi connectivity index (χ1n) is 6.96. The van der Waals surface area contributed by atoms with Gasteiger partial charge in [0.05, 0.1) is 11.5 Å². The van der Waals surface area contributed by atoms with Crippen LogP contribution in [0.3, 0.4) is 0 Å². The maximum Gasteiger partial charge on any atom is 0.204 e. The molecule has 1 aliphatic rings. The summed E-state index contributed by atoms with van der Waals surface area (Å²) < 4.78 is 5.69. The van der Waals surface area contributed by atoms with E-state index in [1.807, 2.05) is 24.5 Å². The average molecular weight is 344 g/mol. The smallest absolute Gasteiger partial charge is 0.204 e. The standard InChI is InChI=1S/C15H12N4O2S2/c1-20-19-10-4-6-21-15-12(10)18-14(23-15)11-8-17-13(22-11)9-3-2-5-16-7-9/h2-3,5,7-8H,4,6H2,1H3/b19-10+. The zero-order chi connectivity index (χ0) is 15.6. The van der Waals surface area contributed by atoms with Gasteiger partial charge >= 0.3 is 0 Å². The number of rotatable bonds is 3. The largest absolute Gasteiger partial charge is 0.482 e. The summed E-state index contributed by atoms with van der Waals surface area (Å²) in [5.74, 6) is 0. The fraction of sp³-hybridized carbons (Fsp3) is 0.200. The van der Waals surface area contributed by atoms with Gasteiger partial charge in [-0.05, 0) is 12.1 Å². The lowest BCUT2D eigenvalue weighted by Gasteiger charge is -2.12. The van der Waals surface area contributed by atoms with E-state index in [9.17, 15) is 0 Å². The highest BCUT2D eigenvalue weighted by Gasteiger charge is 2.24. The average Bonchev–Trinajstić information content (AvgIpc) is 3.23. The molecular weight excluding hydrogens is 332 g/mol. The maximum absolute atomic E-state index is 5.69. The second-order valence-corrected chi connectivity index (χ2v) is 6.74. The van der Waals surface area contributed by atoms with Crippen LogP contribution in [-0.4, -0.2) is 34.4 Å². The first kappa shape index (κ1) is 14.3. The highest BCUT2D eigenvalue weighted by molar-refractivity contribution is 7.24. The van der Waals surface area contributed by atoms with E-state index in [1.54, 1.807) is 24.6 Å². The molecule has 1 aliphatic heterocycles. The van der Waals surface area contributed by atoms with Crippen LogP contribution in [0.1, 0.15) is 12.1 Å². The van der Waals surface area contributed by atoms with E-state index >= 15 is 0 Å². The fourth-order valence-electron chi connectivity index (χ4n) is 2.25. The van der Waals surface area contributed by atoms with Gasteiger partial charge in [0.25, 0.3) is 0 Å². The molecule has 116 valence electrons. The van der Waals surface area contributed by atoms with E-state index in [4.69, 9.17) is 9.57 Å². The monoisotopic (exact) mass is 344 g/mol. The molecule has 0 spiro atoms. The van der Waals surface area contributed by atoms with Gasteiger partial charge in [-0.3, -0.25) is 4.98 Å². The maximum atomic E-state index is 5.69. The van der Waals surface area contributed by atoms with Crippen LogP contribution in [0.25, 0.3) is 20.5 Å². The number of hydrogen-bond donors (Lipinski definition) is 0. The molecule has 0 bridgehead atoms. The van der Waals surface area contributed by atoms with Crippen molar-refractivity contribution in [1.29, 1.82) is 0 Å². The summed E-state index contributed by atoms with van der Waals surface area (Å²) in [5, 5.41) is 6.64. The molecule has 0 saturated heterocycles. The van der Waals surface area contributed by atoms with Crippen LogP contribution in [-0.2, 0) is 4.84 Å². The second-order valence-electron chi connectivity index (χ2n) is 4.75. The molecule has 6 nitrogen and oxygen atoms in total. The topological polar surface area (TPSA) is 69.5 Å². The molecule has 3 aromatic heterocycles. The molecule has 0 aliphatic carbocycles. The molecule has 3 aromatic rings. The Kier molecular flexibility index (Phi) is 3.76. The molecule has 0 aromatic carbocycles. The van der Waals surface area contributed by atoms with Gasteiger partial charge < -0.3 is 9.57 Å². The summed E-state index contributed by atoms with van der Waals surface area (Å²) in [6, 6.07) is 3.90. The van der Waals surface area contributed by atoms with Gasteiger partial charge in [0.1, 0.15) is 28.5 Å². The van der Waals surface area contributed by atoms with E-state index in [0.717, 1.165) is 36.9 Å². The van der Waals surface area contributed by atoms with E-state index in [-0.39, 0.29) is 0 Å². The molecule has 4 heterocycles. The van der Waals surface area contributed by atoms with Crippen molar-refractivity contribution >= 4 is 28.4 Å². The van der Waals surface area contributed by atoms with Crippen LogP contribution in [0.4, 0.5) is 0 Å². The zero-order valence-corrected chi connectivity index (χ0v) is 13.9. The first-order chi connectivity index (χ1) is 11.3. The SMILES string of the molecule is CO/N=C1\CCOc2sc(-c3cnc(-c4cccnc4)s3)nc21. The van der Waals surface area contributed by atoms with Crippen LogP contribution < -0.4 is 4.74 Å². The van der Waals surface area contributed by atoms with E-state index in [0.29, 0.717) is 13.0 Å². The van der Waals surface area contributed by atoms with Gasteiger partial charge in [0, 0.05) is 30.6 Å². The Labute approximate surface area is 140 Å². The summed E-state index contributed by atoms with van der Waals surface area (Å²) >= 11 is 3.10. The minimum Gasteiger partial charge on any atom is -0.482 e. The third-order valence-corrected chi connectivity index (χ3v) is 5.45. The van der Waals surface area contributed by atoms with Crippen LogP contribution in [0.2, 0.25) is 0 Å². The lowest BCUT2D eigenvalue weighted by atomic mass is 10.2. The molecular formula is C15H12N4O2S2. The summed E-state index contributed by atoms with van der Waals surface area (Å²) in [6.45, 7) is 0.598. The number of aromatic nitrogens is 3. The predicted molar refractivity (Wildman–Crippen MR) is 90.1 cm³/mol. The minimum atomic E-state index is 0.598. The third-order valence-electron chi connectivity index (χ3n) is 3.27. The molecule has 0 radical (unpaired) electrons. The molecule has 4 rings (SSSR count). The Morgan fingerprint density at radius 1 is 1.26 bits per heavy atom. The Balaban J connectivity index is 1.70. The van der Waals surface area contributed by atoms with Gasteiger partial charge in [0.2, 0.25) is 5.06 Å². The van der Waals surface area contributed by atoms with Crippen molar-refractivity contribution in [2.45, 2.75) is 6.42 Å². The van der Waals surface area contributed by atoms with Crippen LogP contribution in [0.5, 0.6) is 5.06 Å². The lowest BCUT2D eigenvalue weighted by molar-refractivity contribution is 0.210. The van der Waals surface area contributed by atoms with Crippen LogP contribution >= 0.6 is 22.7 Å². The van der Waals surface area contributed by atoms with Crippen LogP contribution in [0.15, 0.2) is 35.9 Å². The highest BCUT2D eigenvalue weighted by atomic mass is 32.1. The summed E-state index contributed by atoms with van der Waals surface area (Å²) in [4.78, 5) is 19.2. The quantitative estimate of drug-likeness (QED) is 0.681. The number of pyridine rings is 1. The van der Waals surface area contributed by atoms with Crippen molar-refractivity contribution in [3.8, 4) is 25.5 Å². The normalized spacial score (nSPS) is 15.3. The zero-order valence-electron chi connectivity index (χ0n) is 12.2. The summed E-state index contributed by atoms with van der Waals surface area (Å²) in [6.07, 6.45) is 6.10. The molecule has 0 unspecified atom stereocenters. The third kappa shape index (κ3) is 2.71. The van der Waals surface area contributed by atoms with Gasteiger partial charge in [-0.2, -0.15) is 0 Å². The number of thiazole rings is 2. The molecule has 8 heteroatoms. The van der Waals surface area contributed by atoms with Crippen molar-refractivity contribution in [1.82, 2.24) is 15.0 Å². The van der Waals surface area contributed by atoms with Gasteiger partial charge in [-0.25, -0.2) is 9.97 Å².